The summed E-state index contributed by atoms with van der Waals surface area (Å²) in [5, 5.41) is 16.7. The van der Waals surface area contributed by atoms with Gasteiger partial charge in [-0.2, -0.15) is 0 Å². The van der Waals surface area contributed by atoms with Crippen LogP contribution < -0.4 is 0 Å². The summed E-state index contributed by atoms with van der Waals surface area (Å²) in [6, 6.07) is 0. The minimum atomic E-state index is -0.664. The summed E-state index contributed by atoms with van der Waals surface area (Å²) >= 11 is 0. The third-order valence-corrected chi connectivity index (χ3v) is 4.63. The number of carboxylic acid groups (broad SMARTS) is 1. The summed E-state index contributed by atoms with van der Waals surface area (Å²) in [5.41, 5.74) is 0. The van der Waals surface area contributed by atoms with Crippen LogP contribution in [0, 0.1) is 0 Å². The summed E-state index contributed by atoms with van der Waals surface area (Å²) in [4.78, 5) is 14.4. The van der Waals surface area contributed by atoms with E-state index in [1.165, 1.54) is 89.9 Å². The van der Waals surface area contributed by atoms with E-state index < -0.39 is 5.97 Å². The number of carbonyl (C=O) groups is 1. The van der Waals surface area contributed by atoms with Crippen molar-refractivity contribution < 1.29 is 20.0 Å². The predicted octanol–water partition coefficient (Wildman–Crippen LogP) is 6.58. The Morgan fingerprint density at radius 3 is 1.12 bits per heavy atom. The van der Waals surface area contributed by atoms with Crippen molar-refractivity contribution in [3.05, 3.63) is 0 Å². The molecule has 0 aromatic rings. The second-order valence-electron chi connectivity index (χ2n) is 6.99. The standard InChI is InChI=1S/C20H40O4/c21-20(22)18-16-14-12-10-8-6-4-2-1-3-5-7-9-11-13-15-17-19-24-23/h23H,1-19H2,(H,21,22). The van der Waals surface area contributed by atoms with Gasteiger partial charge in [-0.25, -0.2) is 4.89 Å². The lowest BCUT2D eigenvalue weighted by Crippen LogP contribution is -1.93. The van der Waals surface area contributed by atoms with E-state index in [0.29, 0.717) is 13.0 Å². The second-order valence-corrected chi connectivity index (χ2v) is 6.99. The van der Waals surface area contributed by atoms with Gasteiger partial charge in [0, 0.05) is 6.42 Å². The first kappa shape index (κ1) is 23.4. The highest BCUT2D eigenvalue weighted by atomic mass is 17.1. The van der Waals surface area contributed by atoms with Crippen molar-refractivity contribution in [1.82, 2.24) is 0 Å². The van der Waals surface area contributed by atoms with Gasteiger partial charge in [-0.3, -0.25) is 10.1 Å². The summed E-state index contributed by atoms with van der Waals surface area (Å²) < 4.78 is 0. The monoisotopic (exact) mass is 344 g/mol. The molecule has 0 bridgehead atoms. The van der Waals surface area contributed by atoms with E-state index in [4.69, 9.17) is 10.4 Å². The predicted molar refractivity (Wildman–Crippen MR) is 99.3 cm³/mol. The maximum atomic E-state index is 10.4. The smallest absolute Gasteiger partial charge is 0.303 e. The fraction of sp³-hybridized carbons (Fsp3) is 0.950. The van der Waals surface area contributed by atoms with Crippen molar-refractivity contribution in [3.8, 4) is 0 Å². The van der Waals surface area contributed by atoms with E-state index in [-0.39, 0.29) is 0 Å². The number of hydrogen-bond acceptors (Lipinski definition) is 3. The Balaban J connectivity index is 2.97. The van der Waals surface area contributed by atoms with Crippen molar-refractivity contribution in [2.45, 2.75) is 116 Å². The maximum absolute atomic E-state index is 10.4. The highest BCUT2D eigenvalue weighted by Gasteiger charge is 1.97. The summed E-state index contributed by atoms with van der Waals surface area (Å²) in [7, 11) is 0. The zero-order valence-electron chi connectivity index (χ0n) is 15.6. The van der Waals surface area contributed by atoms with Crippen LogP contribution in [0.3, 0.4) is 0 Å². The molecule has 0 saturated heterocycles. The van der Waals surface area contributed by atoms with Crippen LogP contribution in [0.25, 0.3) is 0 Å². The molecule has 0 aliphatic heterocycles. The highest BCUT2D eigenvalue weighted by molar-refractivity contribution is 5.66. The molecule has 0 saturated carbocycles. The normalized spacial score (nSPS) is 11.0. The van der Waals surface area contributed by atoms with Crippen molar-refractivity contribution in [1.29, 1.82) is 0 Å². The van der Waals surface area contributed by atoms with E-state index >= 15 is 0 Å². The third-order valence-electron chi connectivity index (χ3n) is 4.63. The van der Waals surface area contributed by atoms with E-state index in [1.807, 2.05) is 0 Å². The number of hydrogen-bond donors (Lipinski definition) is 2. The Kier molecular flexibility index (Phi) is 19.9. The molecule has 144 valence electrons. The Hall–Kier alpha value is -0.610. The molecule has 0 radical (unpaired) electrons. The fourth-order valence-electron chi connectivity index (χ4n) is 3.09. The van der Waals surface area contributed by atoms with E-state index in [9.17, 15) is 4.79 Å². The van der Waals surface area contributed by atoms with E-state index in [1.54, 1.807) is 0 Å². The molecule has 0 rings (SSSR count). The van der Waals surface area contributed by atoms with Crippen LogP contribution in [-0.4, -0.2) is 22.9 Å². The first-order valence-electron chi connectivity index (χ1n) is 10.3. The molecule has 0 aromatic heterocycles. The first-order valence-corrected chi connectivity index (χ1v) is 10.3. The first-order chi connectivity index (χ1) is 11.8. The molecule has 4 nitrogen and oxygen atoms in total. The average molecular weight is 345 g/mol. The van der Waals surface area contributed by atoms with Gasteiger partial charge in [-0.15, -0.1) is 0 Å². The van der Waals surface area contributed by atoms with Gasteiger partial charge in [0.1, 0.15) is 0 Å². The average Bonchev–Trinajstić information content (AvgIpc) is 2.56. The molecule has 0 spiro atoms. The van der Waals surface area contributed by atoms with Crippen LogP contribution in [0.2, 0.25) is 0 Å². The second kappa shape index (κ2) is 20.4. The van der Waals surface area contributed by atoms with Gasteiger partial charge in [0.05, 0.1) is 6.61 Å². The lowest BCUT2D eigenvalue weighted by molar-refractivity contribution is -0.242. The Labute approximate surface area is 148 Å². The number of rotatable bonds is 20. The van der Waals surface area contributed by atoms with Gasteiger partial charge < -0.3 is 5.11 Å². The molecular formula is C20H40O4. The topological polar surface area (TPSA) is 66.8 Å². The zero-order valence-corrected chi connectivity index (χ0v) is 15.6. The molecule has 24 heavy (non-hydrogen) atoms. The quantitative estimate of drug-likeness (QED) is 0.149. The number of aliphatic carboxylic acids is 1. The molecule has 0 aromatic carbocycles. The largest absolute Gasteiger partial charge is 0.481 e. The summed E-state index contributed by atoms with van der Waals surface area (Å²) in [6.07, 6.45) is 21.7. The van der Waals surface area contributed by atoms with Crippen LogP contribution in [0.1, 0.15) is 116 Å². The van der Waals surface area contributed by atoms with Crippen LogP contribution in [0.5, 0.6) is 0 Å². The molecule has 0 heterocycles. The Bertz CT molecular complexity index is 256. The molecule has 0 aliphatic rings. The summed E-state index contributed by atoms with van der Waals surface area (Å²) in [6.45, 7) is 0.477. The van der Waals surface area contributed by atoms with Gasteiger partial charge in [0.2, 0.25) is 0 Å². The van der Waals surface area contributed by atoms with Gasteiger partial charge in [-0.05, 0) is 12.8 Å². The SMILES string of the molecule is O=C(O)CCCCCCCCCCCCCCCCCCCOO. The Morgan fingerprint density at radius 2 is 0.833 bits per heavy atom. The van der Waals surface area contributed by atoms with Crippen molar-refractivity contribution in [3.63, 3.8) is 0 Å². The van der Waals surface area contributed by atoms with E-state index in [0.717, 1.165) is 19.3 Å². The lowest BCUT2D eigenvalue weighted by atomic mass is 10.0. The molecule has 0 aliphatic carbocycles. The van der Waals surface area contributed by atoms with Gasteiger partial charge in [0.15, 0.2) is 0 Å². The van der Waals surface area contributed by atoms with Crippen molar-refractivity contribution in [2.24, 2.45) is 0 Å². The molecule has 2 N–H and O–H groups in total. The minimum Gasteiger partial charge on any atom is -0.481 e. The van der Waals surface area contributed by atoms with Crippen LogP contribution in [0.15, 0.2) is 0 Å². The third kappa shape index (κ3) is 21.4. The van der Waals surface area contributed by atoms with Crippen LogP contribution in [-0.2, 0) is 9.68 Å². The van der Waals surface area contributed by atoms with Crippen LogP contribution >= 0.6 is 0 Å². The molecule has 4 heteroatoms. The molecule has 0 unspecified atom stereocenters. The highest BCUT2D eigenvalue weighted by Crippen LogP contribution is 2.14. The zero-order chi connectivity index (χ0) is 17.7. The lowest BCUT2D eigenvalue weighted by Gasteiger charge is -2.03. The van der Waals surface area contributed by atoms with E-state index in [2.05, 4.69) is 4.89 Å². The van der Waals surface area contributed by atoms with Crippen LogP contribution in [0.4, 0.5) is 0 Å². The molecule has 0 amide bonds. The number of carboxylic acids is 1. The van der Waals surface area contributed by atoms with Gasteiger partial charge in [0.25, 0.3) is 0 Å². The van der Waals surface area contributed by atoms with Crippen molar-refractivity contribution in [2.75, 3.05) is 6.61 Å². The van der Waals surface area contributed by atoms with Crippen molar-refractivity contribution >= 4 is 5.97 Å². The van der Waals surface area contributed by atoms with Gasteiger partial charge >= 0.3 is 5.97 Å². The minimum absolute atomic E-state index is 0.332. The number of unbranched alkanes of at least 4 members (excludes halogenated alkanes) is 16. The fourth-order valence-corrected chi connectivity index (χ4v) is 3.09. The molecular weight excluding hydrogens is 304 g/mol. The molecule has 0 atom stereocenters. The molecule has 0 fully saturated rings. The summed E-state index contributed by atoms with van der Waals surface area (Å²) in [5.74, 6) is -0.664. The van der Waals surface area contributed by atoms with Gasteiger partial charge in [-0.1, -0.05) is 96.3 Å². The maximum Gasteiger partial charge on any atom is 0.303 e. The Morgan fingerprint density at radius 1 is 0.542 bits per heavy atom.